The number of aliphatic hydroxyl groups excluding tert-OH is 1. The van der Waals surface area contributed by atoms with Crippen molar-refractivity contribution in [1.82, 2.24) is 4.90 Å². The minimum atomic E-state index is -0.463. The van der Waals surface area contributed by atoms with E-state index in [9.17, 15) is 14.3 Å². The van der Waals surface area contributed by atoms with E-state index in [1.807, 2.05) is 6.92 Å². The maximum atomic E-state index is 13.6. The number of ether oxygens (including phenoxy) is 1. The topological polar surface area (TPSA) is 49.8 Å². The third kappa shape index (κ3) is 3.42. The van der Waals surface area contributed by atoms with Crippen molar-refractivity contribution >= 4 is 12.0 Å². The van der Waals surface area contributed by atoms with Gasteiger partial charge in [-0.2, -0.15) is 0 Å². The lowest BCUT2D eigenvalue weighted by molar-refractivity contribution is -0.127. The molecule has 1 aromatic carbocycles. The van der Waals surface area contributed by atoms with Crippen molar-refractivity contribution in [3.63, 3.8) is 0 Å². The summed E-state index contributed by atoms with van der Waals surface area (Å²) >= 11 is 0. The molecule has 21 heavy (non-hydrogen) atoms. The van der Waals surface area contributed by atoms with E-state index in [1.54, 1.807) is 17.0 Å². The van der Waals surface area contributed by atoms with E-state index in [-0.39, 0.29) is 24.3 Å². The number of aliphatic hydroxyl groups is 1. The Bertz CT molecular complexity index is 544. The molecule has 114 valence electrons. The highest BCUT2D eigenvalue weighted by molar-refractivity contribution is 5.92. The number of nitrogens with zero attached hydrogens (tertiary/aromatic N) is 1. The molecule has 1 aromatic rings. The smallest absolute Gasteiger partial charge is 0.246 e. The third-order valence-corrected chi connectivity index (χ3v) is 3.95. The molecule has 1 amide bonds. The molecule has 5 heteroatoms. The molecular formula is C16H20FNO3. The van der Waals surface area contributed by atoms with Crippen LogP contribution in [-0.4, -0.2) is 42.2 Å². The molecule has 0 bridgehead atoms. The third-order valence-electron chi connectivity index (χ3n) is 3.95. The number of carbonyl (C=O) groups is 1. The van der Waals surface area contributed by atoms with Crippen LogP contribution in [0, 0.1) is 11.7 Å². The van der Waals surface area contributed by atoms with Crippen molar-refractivity contribution < 1.29 is 19.0 Å². The van der Waals surface area contributed by atoms with Crippen LogP contribution in [0.15, 0.2) is 24.3 Å². The lowest BCUT2D eigenvalue weighted by atomic mass is 10.0. The first-order valence-corrected chi connectivity index (χ1v) is 7.00. The molecule has 1 saturated heterocycles. The number of rotatable bonds is 4. The summed E-state index contributed by atoms with van der Waals surface area (Å²) in [4.78, 5) is 13.8. The van der Waals surface area contributed by atoms with E-state index in [4.69, 9.17) is 4.74 Å². The number of benzene rings is 1. The zero-order valence-corrected chi connectivity index (χ0v) is 12.3. The van der Waals surface area contributed by atoms with Crippen LogP contribution in [0.4, 0.5) is 4.39 Å². The van der Waals surface area contributed by atoms with E-state index in [1.165, 1.54) is 25.3 Å². The first kappa shape index (κ1) is 15.5. The Morgan fingerprint density at radius 2 is 2.33 bits per heavy atom. The van der Waals surface area contributed by atoms with Crippen molar-refractivity contribution in [3.8, 4) is 5.75 Å². The van der Waals surface area contributed by atoms with Crippen molar-refractivity contribution in [1.29, 1.82) is 0 Å². The predicted octanol–water partition coefficient (Wildman–Crippen LogP) is 2.08. The number of methoxy groups -OCH3 is 1. The van der Waals surface area contributed by atoms with Crippen molar-refractivity contribution in [2.24, 2.45) is 5.92 Å². The zero-order valence-electron chi connectivity index (χ0n) is 12.3. The summed E-state index contributed by atoms with van der Waals surface area (Å²) in [6.45, 7) is 2.64. The van der Waals surface area contributed by atoms with E-state index >= 15 is 0 Å². The molecular weight excluding hydrogens is 273 g/mol. The van der Waals surface area contributed by atoms with Gasteiger partial charge in [-0.05, 0) is 36.1 Å². The highest BCUT2D eigenvalue weighted by atomic mass is 19.1. The van der Waals surface area contributed by atoms with Crippen LogP contribution in [-0.2, 0) is 4.79 Å². The van der Waals surface area contributed by atoms with Crippen LogP contribution in [0.1, 0.15) is 18.9 Å². The fourth-order valence-corrected chi connectivity index (χ4v) is 2.61. The van der Waals surface area contributed by atoms with Crippen LogP contribution in [0.3, 0.4) is 0 Å². The van der Waals surface area contributed by atoms with Crippen LogP contribution < -0.4 is 4.74 Å². The molecule has 0 saturated carbocycles. The second-order valence-electron chi connectivity index (χ2n) is 5.27. The first-order chi connectivity index (χ1) is 10.1. The van der Waals surface area contributed by atoms with E-state index in [2.05, 4.69) is 0 Å². The predicted molar refractivity (Wildman–Crippen MR) is 78.4 cm³/mol. The summed E-state index contributed by atoms with van der Waals surface area (Å²) in [5.74, 6) is -0.150. The van der Waals surface area contributed by atoms with E-state index in [0.717, 1.165) is 6.42 Å². The number of likely N-dealkylation sites (tertiary alicyclic amines) is 1. The van der Waals surface area contributed by atoms with Crippen molar-refractivity contribution in [3.05, 3.63) is 35.7 Å². The number of hydrogen-bond donors (Lipinski definition) is 1. The Balaban J connectivity index is 2.07. The van der Waals surface area contributed by atoms with Gasteiger partial charge in [0.25, 0.3) is 0 Å². The lowest BCUT2D eigenvalue weighted by Crippen LogP contribution is -2.38. The van der Waals surface area contributed by atoms with Gasteiger partial charge in [0, 0.05) is 12.6 Å². The number of amides is 1. The van der Waals surface area contributed by atoms with Crippen LogP contribution in [0.2, 0.25) is 0 Å². The van der Waals surface area contributed by atoms with Crippen LogP contribution in [0.5, 0.6) is 5.75 Å². The zero-order chi connectivity index (χ0) is 15.4. The van der Waals surface area contributed by atoms with Gasteiger partial charge < -0.3 is 14.7 Å². The number of carbonyl (C=O) groups excluding carboxylic acids is 1. The van der Waals surface area contributed by atoms with Gasteiger partial charge in [0.05, 0.1) is 19.8 Å². The fourth-order valence-electron chi connectivity index (χ4n) is 2.61. The fraction of sp³-hybridized carbons (Fsp3) is 0.438. The quantitative estimate of drug-likeness (QED) is 0.865. The first-order valence-electron chi connectivity index (χ1n) is 7.00. The second-order valence-corrected chi connectivity index (χ2v) is 5.27. The van der Waals surface area contributed by atoms with Gasteiger partial charge in [0.1, 0.15) is 0 Å². The summed E-state index contributed by atoms with van der Waals surface area (Å²) in [5.41, 5.74) is 0.592. The average molecular weight is 293 g/mol. The average Bonchev–Trinajstić information content (AvgIpc) is 2.85. The van der Waals surface area contributed by atoms with Gasteiger partial charge in [-0.1, -0.05) is 13.0 Å². The van der Waals surface area contributed by atoms with Gasteiger partial charge >= 0.3 is 0 Å². The molecule has 0 aliphatic carbocycles. The minimum Gasteiger partial charge on any atom is -0.494 e. The molecule has 2 atom stereocenters. The molecule has 1 N–H and O–H groups in total. The Hall–Kier alpha value is -1.88. The van der Waals surface area contributed by atoms with E-state index in [0.29, 0.717) is 18.0 Å². The summed E-state index contributed by atoms with van der Waals surface area (Å²) in [6, 6.07) is 4.39. The SMILES string of the molecule is COc1ccc(/C=C/C(=O)N2CCC(C)C2CO)cc1F. The van der Waals surface area contributed by atoms with Crippen LogP contribution >= 0.6 is 0 Å². The molecule has 4 nitrogen and oxygen atoms in total. The number of hydrogen-bond acceptors (Lipinski definition) is 3. The molecule has 1 heterocycles. The van der Waals surface area contributed by atoms with Crippen LogP contribution in [0.25, 0.3) is 6.08 Å². The number of halogens is 1. The molecule has 0 radical (unpaired) electrons. The van der Waals surface area contributed by atoms with Gasteiger partial charge in [-0.15, -0.1) is 0 Å². The Kier molecular flexibility index (Phi) is 4.96. The molecule has 2 rings (SSSR count). The second kappa shape index (κ2) is 6.72. The van der Waals surface area contributed by atoms with Gasteiger partial charge in [-0.25, -0.2) is 4.39 Å². The minimum absolute atomic E-state index is 0.0299. The van der Waals surface area contributed by atoms with Crippen molar-refractivity contribution in [2.75, 3.05) is 20.3 Å². The Morgan fingerprint density at radius 3 is 2.95 bits per heavy atom. The molecule has 1 aliphatic heterocycles. The molecule has 1 fully saturated rings. The Morgan fingerprint density at radius 1 is 1.57 bits per heavy atom. The highest BCUT2D eigenvalue weighted by Crippen LogP contribution is 2.24. The molecule has 2 unspecified atom stereocenters. The summed E-state index contributed by atoms with van der Waals surface area (Å²) in [7, 11) is 1.40. The van der Waals surface area contributed by atoms with Gasteiger partial charge in [-0.3, -0.25) is 4.79 Å². The van der Waals surface area contributed by atoms with Gasteiger partial charge in [0.15, 0.2) is 11.6 Å². The Labute approximate surface area is 123 Å². The maximum absolute atomic E-state index is 13.6. The normalized spacial score (nSPS) is 22.0. The van der Waals surface area contributed by atoms with Gasteiger partial charge in [0.2, 0.25) is 5.91 Å². The molecule has 0 spiro atoms. The highest BCUT2D eigenvalue weighted by Gasteiger charge is 2.32. The monoisotopic (exact) mass is 293 g/mol. The largest absolute Gasteiger partial charge is 0.494 e. The molecule has 0 aromatic heterocycles. The lowest BCUT2D eigenvalue weighted by Gasteiger charge is -2.23. The molecule has 1 aliphatic rings. The maximum Gasteiger partial charge on any atom is 0.246 e. The summed E-state index contributed by atoms with van der Waals surface area (Å²) in [6.07, 6.45) is 3.88. The summed E-state index contributed by atoms with van der Waals surface area (Å²) < 4.78 is 18.4. The summed E-state index contributed by atoms with van der Waals surface area (Å²) in [5, 5.41) is 9.35. The van der Waals surface area contributed by atoms with E-state index < -0.39 is 5.82 Å². The standard InChI is InChI=1S/C16H20FNO3/c1-11-7-8-18(14(11)10-19)16(20)6-4-12-3-5-15(21-2)13(17)9-12/h3-6,9,11,14,19H,7-8,10H2,1-2H3/b6-4+. The van der Waals surface area contributed by atoms with Crippen molar-refractivity contribution in [2.45, 2.75) is 19.4 Å².